The van der Waals surface area contributed by atoms with Gasteiger partial charge in [0, 0.05) is 6.54 Å². The van der Waals surface area contributed by atoms with Gasteiger partial charge in [-0.2, -0.15) is 0 Å². The molecule has 0 saturated carbocycles. The molecule has 0 unspecified atom stereocenters. The highest BCUT2D eigenvalue weighted by Crippen LogP contribution is 2.26. The summed E-state index contributed by atoms with van der Waals surface area (Å²) in [6.45, 7) is 1.52. The summed E-state index contributed by atoms with van der Waals surface area (Å²) < 4.78 is 5.08. The Kier molecular flexibility index (Phi) is 6.85. The number of benzene rings is 2. The minimum Gasteiger partial charge on any atom is -0.508 e. The van der Waals surface area contributed by atoms with Gasteiger partial charge in [0.2, 0.25) is 0 Å². The van der Waals surface area contributed by atoms with Crippen molar-refractivity contribution in [3.05, 3.63) is 53.6 Å². The molecule has 0 fully saturated rings. The third kappa shape index (κ3) is 5.17. The lowest BCUT2D eigenvalue weighted by molar-refractivity contribution is 0.373. The zero-order valence-electron chi connectivity index (χ0n) is 11.9. The van der Waals surface area contributed by atoms with Crippen LogP contribution in [0.1, 0.15) is 11.1 Å². The fourth-order valence-corrected chi connectivity index (χ4v) is 2.01. The van der Waals surface area contributed by atoms with Gasteiger partial charge in [0.1, 0.15) is 5.75 Å². The Morgan fingerprint density at radius 2 is 1.86 bits per heavy atom. The van der Waals surface area contributed by atoms with E-state index in [4.69, 9.17) is 4.74 Å². The summed E-state index contributed by atoms with van der Waals surface area (Å²) in [5.41, 5.74) is 2.15. The van der Waals surface area contributed by atoms with Gasteiger partial charge < -0.3 is 20.3 Å². The Morgan fingerprint density at radius 1 is 1.05 bits per heavy atom. The van der Waals surface area contributed by atoms with Crippen LogP contribution in [0.25, 0.3) is 0 Å². The highest BCUT2D eigenvalue weighted by molar-refractivity contribution is 5.85. The van der Waals surface area contributed by atoms with Crippen molar-refractivity contribution >= 4 is 12.4 Å². The van der Waals surface area contributed by atoms with Crippen molar-refractivity contribution in [3.63, 3.8) is 0 Å². The van der Waals surface area contributed by atoms with Crippen molar-refractivity contribution in [1.29, 1.82) is 0 Å². The van der Waals surface area contributed by atoms with E-state index in [0.29, 0.717) is 12.3 Å². The van der Waals surface area contributed by atoms with Crippen LogP contribution in [0.15, 0.2) is 42.5 Å². The number of ether oxygens (including phenoxy) is 1. The molecule has 2 rings (SSSR count). The quantitative estimate of drug-likeness (QED) is 0.718. The van der Waals surface area contributed by atoms with Crippen LogP contribution in [0.5, 0.6) is 17.2 Å². The molecule has 0 radical (unpaired) electrons. The standard InChI is InChI=1S/C16H19NO3.ClH/c1-20-16-10-12(5-6-15(16)19)7-8-17-11-13-3-2-4-14(18)9-13;/h2-6,9-10,17-19H,7-8,11H2,1H3;1H. The average molecular weight is 310 g/mol. The van der Waals surface area contributed by atoms with Gasteiger partial charge in [-0.1, -0.05) is 18.2 Å². The molecule has 4 nitrogen and oxygen atoms in total. The molecule has 3 N–H and O–H groups in total. The predicted octanol–water partition coefficient (Wildman–Crippen LogP) is 2.86. The molecule has 0 aliphatic heterocycles. The van der Waals surface area contributed by atoms with Crippen LogP contribution >= 0.6 is 12.4 Å². The summed E-state index contributed by atoms with van der Waals surface area (Å²) in [5.74, 6) is 0.937. The average Bonchev–Trinajstić information content (AvgIpc) is 2.45. The first-order valence-corrected chi connectivity index (χ1v) is 6.53. The summed E-state index contributed by atoms with van der Waals surface area (Å²) >= 11 is 0. The summed E-state index contributed by atoms with van der Waals surface area (Å²) in [6.07, 6.45) is 0.843. The van der Waals surface area contributed by atoms with E-state index in [1.54, 1.807) is 25.3 Å². The number of phenols is 2. The Morgan fingerprint density at radius 3 is 2.57 bits per heavy atom. The van der Waals surface area contributed by atoms with Crippen LogP contribution in [-0.2, 0) is 13.0 Å². The summed E-state index contributed by atoms with van der Waals surface area (Å²) in [6, 6.07) is 12.6. The molecule has 0 aliphatic carbocycles. The second-order valence-corrected chi connectivity index (χ2v) is 4.60. The van der Waals surface area contributed by atoms with Crippen LogP contribution < -0.4 is 10.1 Å². The third-order valence-electron chi connectivity index (χ3n) is 3.07. The first kappa shape index (κ1) is 17.1. The molecule has 0 aromatic heterocycles. The molecule has 5 heteroatoms. The van der Waals surface area contributed by atoms with Crippen molar-refractivity contribution in [2.75, 3.05) is 13.7 Å². The summed E-state index contributed by atoms with van der Waals surface area (Å²) in [7, 11) is 1.54. The minimum atomic E-state index is 0. The van der Waals surface area contributed by atoms with Crippen LogP contribution in [0.4, 0.5) is 0 Å². The Balaban J connectivity index is 0.00000220. The topological polar surface area (TPSA) is 61.7 Å². The molecule has 0 aliphatic rings. The Bertz CT molecular complexity index is 575. The number of hydrogen-bond donors (Lipinski definition) is 3. The third-order valence-corrected chi connectivity index (χ3v) is 3.07. The molecule has 114 valence electrons. The Hall–Kier alpha value is -1.91. The smallest absolute Gasteiger partial charge is 0.160 e. The van der Waals surface area contributed by atoms with E-state index in [0.717, 1.165) is 24.1 Å². The molecule has 2 aromatic rings. The van der Waals surface area contributed by atoms with E-state index >= 15 is 0 Å². The number of methoxy groups -OCH3 is 1. The van der Waals surface area contributed by atoms with Crippen molar-refractivity contribution < 1.29 is 14.9 Å². The first-order valence-electron chi connectivity index (χ1n) is 6.53. The molecule has 0 heterocycles. The minimum absolute atomic E-state index is 0. The van der Waals surface area contributed by atoms with Gasteiger partial charge in [0.25, 0.3) is 0 Å². The lowest BCUT2D eigenvalue weighted by Crippen LogP contribution is -2.16. The van der Waals surface area contributed by atoms with E-state index in [2.05, 4.69) is 5.32 Å². The lowest BCUT2D eigenvalue weighted by atomic mass is 10.1. The second-order valence-electron chi connectivity index (χ2n) is 4.60. The molecule has 21 heavy (non-hydrogen) atoms. The molecule has 0 saturated heterocycles. The maximum atomic E-state index is 9.52. The number of halogens is 1. The van der Waals surface area contributed by atoms with Crippen LogP contribution in [-0.4, -0.2) is 23.9 Å². The van der Waals surface area contributed by atoms with Gasteiger partial charge in [-0.3, -0.25) is 0 Å². The van der Waals surface area contributed by atoms with Crippen LogP contribution in [0.2, 0.25) is 0 Å². The normalized spacial score (nSPS) is 9.95. The first-order chi connectivity index (χ1) is 9.69. The van der Waals surface area contributed by atoms with E-state index in [9.17, 15) is 10.2 Å². The van der Waals surface area contributed by atoms with Crippen LogP contribution in [0, 0.1) is 0 Å². The fourth-order valence-electron chi connectivity index (χ4n) is 2.01. The fraction of sp³-hybridized carbons (Fsp3) is 0.250. The highest BCUT2D eigenvalue weighted by Gasteiger charge is 2.02. The van der Waals surface area contributed by atoms with Gasteiger partial charge in [-0.25, -0.2) is 0 Å². The maximum absolute atomic E-state index is 9.52. The van der Waals surface area contributed by atoms with Crippen molar-refractivity contribution in [3.8, 4) is 17.2 Å². The molecule has 2 aromatic carbocycles. The number of aromatic hydroxyl groups is 2. The summed E-state index contributed by atoms with van der Waals surface area (Å²) in [4.78, 5) is 0. The molecule has 0 atom stereocenters. The summed E-state index contributed by atoms with van der Waals surface area (Å²) in [5, 5.41) is 22.2. The van der Waals surface area contributed by atoms with E-state index < -0.39 is 0 Å². The SMILES string of the molecule is COc1cc(CCNCc2cccc(O)c2)ccc1O.Cl. The van der Waals surface area contributed by atoms with E-state index in [1.807, 2.05) is 24.3 Å². The maximum Gasteiger partial charge on any atom is 0.160 e. The van der Waals surface area contributed by atoms with Crippen molar-refractivity contribution in [2.45, 2.75) is 13.0 Å². The number of phenolic OH excluding ortho intramolecular Hbond substituents is 2. The molecule has 0 amide bonds. The highest BCUT2D eigenvalue weighted by atomic mass is 35.5. The number of hydrogen-bond acceptors (Lipinski definition) is 4. The van der Waals surface area contributed by atoms with Gasteiger partial charge in [-0.05, 0) is 48.4 Å². The lowest BCUT2D eigenvalue weighted by Gasteiger charge is -2.08. The second kappa shape index (κ2) is 8.39. The predicted molar refractivity (Wildman–Crippen MR) is 85.4 cm³/mol. The number of nitrogens with one attached hydrogen (secondary N) is 1. The number of rotatable bonds is 6. The zero-order chi connectivity index (χ0) is 14.4. The zero-order valence-corrected chi connectivity index (χ0v) is 12.7. The Labute approximate surface area is 130 Å². The molecule has 0 bridgehead atoms. The molecule has 0 spiro atoms. The monoisotopic (exact) mass is 309 g/mol. The van der Waals surface area contributed by atoms with E-state index in [-0.39, 0.29) is 23.9 Å². The van der Waals surface area contributed by atoms with Gasteiger partial charge >= 0.3 is 0 Å². The molecular formula is C16H20ClNO3. The van der Waals surface area contributed by atoms with E-state index in [1.165, 1.54) is 0 Å². The van der Waals surface area contributed by atoms with Gasteiger partial charge in [0.05, 0.1) is 7.11 Å². The van der Waals surface area contributed by atoms with Gasteiger partial charge in [-0.15, -0.1) is 12.4 Å². The molecular weight excluding hydrogens is 290 g/mol. The van der Waals surface area contributed by atoms with Crippen molar-refractivity contribution in [1.82, 2.24) is 5.32 Å². The van der Waals surface area contributed by atoms with Crippen molar-refractivity contribution in [2.24, 2.45) is 0 Å². The largest absolute Gasteiger partial charge is 0.508 e. The van der Waals surface area contributed by atoms with Gasteiger partial charge in [0.15, 0.2) is 11.5 Å². The van der Waals surface area contributed by atoms with Crippen LogP contribution in [0.3, 0.4) is 0 Å².